The Morgan fingerprint density at radius 1 is 1.30 bits per heavy atom. The lowest BCUT2D eigenvalue weighted by Gasteiger charge is -2.24. The molecule has 0 aliphatic heterocycles. The number of hydrogen-bond donors (Lipinski definition) is 0. The summed E-state index contributed by atoms with van der Waals surface area (Å²) in [4.78, 5) is 0. The van der Waals surface area contributed by atoms with Crippen molar-refractivity contribution in [2.45, 2.75) is 45.9 Å². The predicted octanol–water partition coefficient (Wildman–Crippen LogP) is 3.86. The third-order valence-corrected chi connectivity index (χ3v) is 2.35. The normalized spacial score (nSPS) is 14.1. The first-order valence-electron chi connectivity index (χ1n) is 3.62. The van der Waals surface area contributed by atoms with E-state index in [0.717, 1.165) is 6.42 Å². The zero-order chi connectivity index (χ0) is 7.49. The minimum absolute atomic E-state index is 0. The molecule has 1 unspecified atom stereocenters. The Kier molecular flexibility index (Phi) is 6.94. The van der Waals surface area contributed by atoms with Crippen LogP contribution < -0.4 is 0 Å². The Balaban J connectivity index is 0. The lowest BCUT2D eigenvalue weighted by Crippen LogP contribution is -2.19. The average Bonchev–Trinajstić information content (AvgIpc) is 1.64. The van der Waals surface area contributed by atoms with Gasteiger partial charge in [0.25, 0.3) is 0 Å². The van der Waals surface area contributed by atoms with Gasteiger partial charge in [0.15, 0.2) is 0 Å². The molecule has 0 saturated heterocycles. The molecule has 0 fully saturated rings. The molecule has 0 nitrogen and oxygen atoms in total. The Hall–Kier alpha value is 0.580. The fourth-order valence-corrected chi connectivity index (χ4v) is 0.905. The van der Waals surface area contributed by atoms with Gasteiger partial charge >= 0.3 is 0 Å². The fraction of sp³-hybridized carbons (Fsp3) is 1.00. The molecule has 0 amide bonds. The van der Waals surface area contributed by atoms with Crippen molar-refractivity contribution >= 4 is 24.0 Å². The molecule has 1 atom stereocenters. The van der Waals surface area contributed by atoms with E-state index in [-0.39, 0.29) is 17.8 Å². The van der Waals surface area contributed by atoms with Crippen molar-refractivity contribution < 1.29 is 0 Å². The maximum absolute atomic E-state index is 6.06. The summed E-state index contributed by atoms with van der Waals surface area (Å²) in [6.45, 7) is 8.71. The van der Waals surface area contributed by atoms with Gasteiger partial charge in [-0.1, -0.05) is 34.1 Å². The Bertz CT molecular complexity index is 73.8. The van der Waals surface area contributed by atoms with E-state index in [9.17, 15) is 0 Å². The van der Waals surface area contributed by atoms with Crippen LogP contribution in [-0.2, 0) is 0 Å². The monoisotopic (exact) mass is 184 g/mol. The van der Waals surface area contributed by atoms with Gasteiger partial charge in [0.05, 0.1) is 0 Å². The van der Waals surface area contributed by atoms with E-state index in [2.05, 4.69) is 27.7 Å². The van der Waals surface area contributed by atoms with E-state index in [0.29, 0.717) is 5.38 Å². The van der Waals surface area contributed by atoms with Crippen LogP contribution in [0.3, 0.4) is 0 Å². The summed E-state index contributed by atoms with van der Waals surface area (Å²) in [7, 11) is 0. The average molecular weight is 185 g/mol. The lowest BCUT2D eigenvalue weighted by atomic mass is 9.89. The van der Waals surface area contributed by atoms with Crippen molar-refractivity contribution in [2.75, 3.05) is 0 Å². The van der Waals surface area contributed by atoms with Crippen LogP contribution in [0.4, 0.5) is 0 Å². The van der Waals surface area contributed by atoms with E-state index < -0.39 is 0 Å². The Morgan fingerprint density at radius 2 is 1.70 bits per heavy atom. The molecular formula is C8H18Cl2. The largest absolute Gasteiger partial charge is 0.147 e. The molecule has 0 bridgehead atoms. The highest BCUT2D eigenvalue weighted by molar-refractivity contribution is 6.21. The summed E-state index contributed by atoms with van der Waals surface area (Å²) in [5.41, 5.74) is 0.275. The van der Waals surface area contributed by atoms with E-state index >= 15 is 0 Å². The van der Waals surface area contributed by atoms with Crippen LogP contribution in [0.2, 0.25) is 0 Å². The standard InChI is InChI=1S/C8H17Cl.ClH/c1-5-6-7(9)8(2,3)4;/h7H,5-6H2,1-4H3;1H. The first kappa shape index (κ1) is 13.2. The van der Waals surface area contributed by atoms with Crippen LogP contribution in [0.5, 0.6) is 0 Å². The maximum Gasteiger partial charge on any atom is 0.0384 e. The molecule has 0 aliphatic rings. The van der Waals surface area contributed by atoms with Gasteiger partial charge in [-0.05, 0) is 11.8 Å². The van der Waals surface area contributed by atoms with Gasteiger partial charge in [-0.25, -0.2) is 0 Å². The van der Waals surface area contributed by atoms with E-state index in [4.69, 9.17) is 11.6 Å². The number of hydrogen-bond acceptors (Lipinski definition) is 0. The van der Waals surface area contributed by atoms with Crippen molar-refractivity contribution in [3.8, 4) is 0 Å². The molecule has 0 aromatic carbocycles. The van der Waals surface area contributed by atoms with Gasteiger partial charge in [0.1, 0.15) is 0 Å². The molecule has 0 radical (unpaired) electrons. The lowest BCUT2D eigenvalue weighted by molar-refractivity contribution is 0.372. The zero-order valence-corrected chi connectivity index (χ0v) is 8.85. The van der Waals surface area contributed by atoms with Crippen molar-refractivity contribution in [1.82, 2.24) is 0 Å². The second kappa shape index (κ2) is 5.26. The highest BCUT2D eigenvalue weighted by Gasteiger charge is 2.20. The van der Waals surface area contributed by atoms with Crippen molar-refractivity contribution in [3.05, 3.63) is 0 Å². The van der Waals surface area contributed by atoms with Crippen LogP contribution in [0, 0.1) is 5.41 Å². The quantitative estimate of drug-likeness (QED) is 0.573. The van der Waals surface area contributed by atoms with Crippen LogP contribution in [-0.4, -0.2) is 5.38 Å². The van der Waals surface area contributed by atoms with E-state index in [1.807, 2.05) is 0 Å². The van der Waals surface area contributed by atoms with Crippen LogP contribution in [0.25, 0.3) is 0 Å². The van der Waals surface area contributed by atoms with Gasteiger partial charge in [-0.15, -0.1) is 24.0 Å². The zero-order valence-electron chi connectivity index (χ0n) is 7.28. The number of halogens is 2. The van der Waals surface area contributed by atoms with Gasteiger partial charge < -0.3 is 0 Å². The molecule has 0 saturated carbocycles. The summed E-state index contributed by atoms with van der Waals surface area (Å²) >= 11 is 6.06. The molecule has 0 aromatic rings. The molecule has 0 N–H and O–H groups in total. The highest BCUT2D eigenvalue weighted by atomic mass is 35.5. The highest BCUT2D eigenvalue weighted by Crippen LogP contribution is 2.27. The summed E-state index contributed by atoms with van der Waals surface area (Å²) in [6, 6.07) is 0. The molecule has 0 rings (SSSR count). The van der Waals surface area contributed by atoms with Crippen LogP contribution in [0.15, 0.2) is 0 Å². The van der Waals surface area contributed by atoms with Gasteiger partial charge in [0, 0.05) is 5.38 Å². The Labute approximate surface area is 75.8 Å². The third kappa shape index (κ3) is 5.37. The second-order valence-corrected chi connectivity index (χ2v) is 4.15. The van der Waals surface area contributed by atoms with Crippen molar-refractivity contribution in [3.63, 3.8) is 0 Å². The first-order valence-corrected chi connectivity index (χ1v) is 4.06. The van der Waals surface area contributed by atoms with Crippen LogP contribution in [0.1, 0.15) is 40.5 Å². The molecular weight excluding hydrogens is 167 g/mol. The summed E-state index contributed by atoms with van der Waals surface area (Å²) in [5, 5.41) is 0.336. The fourth-order valence-electron chi connectivity index (χ4n) is 0.686. The minimum Gasteiger partial charge on any atom is -0.147 e. The maximum atomic E-state index is 6.06. The topological polar surface area (TPSA) is 0 Å². The number of alkyl halides is 1. The molecule has 0 heterocycles. The summed E-state index contributed by atoms with van der Waals surface area (Å²) in [6.07, 6.45) is 2.32. The molecule has 64 valence electrons. The first-order chi connectivity index (χ1) is 3.98. The Morgan fingerprint density at radius 3 is 1.80 bits per heavy atom. The third-order valence-electron chi connectivity index (χ3n) is 1.48. The number of rotatable bonds is 2. The SMILES string of the molecule is CCCC(Cl)C(C)(C)C.Cl. The predicted molar refractivity (Wildman–Crippen MR) is 51.3 cm³/mol. The second-order valence-electron chi connectivity index (χ2n) is 3.62. The minimum atomic E-state index is 0. The van der Waals surface area contributed by atoms with Crippen molar-refractivity contribution in [1.29, 1.82) is 0 Å². The van der Waals surface area contributed by atoms with Gasteiger partial charge in [-0.2, -0.15) is 0 Å². The van der Waals surface area contributed by atoms with Gasteiger partial charge in [-0.3, -0.25) is 0 Å². The molecule has 0 spiro atoms. The van der Waals surface area contributed by atoms with E-state index in [1.54, 1.807) is 0 Å². The smallest absolute Gasteiger partial charge is 0.0384 e. The molecule has 2 heteroatoms. The van der Waals surface area contributed by atoms with Crippen LogP contribution >= 0.6 is 24.0 Å². The summed E-state index contributed by atoms with van der Waals surface area (Å²) < 4.78 is 0. The molecule has 0 aromatic heterocycles. The van der Waals surface area contributed by atoms with Gasteiger partial charge in [0.2, 0.25) is 0 Å². The van der Waals surface area contributed by atoms with E-state index in [1.165, 1.54) is 6.42 Å². The molecule has 10 heavy (non-hydrogen) atoms. The molecule has 0 aliphatic carbocycles. The summed E-state index contributed by atoms with van der Waals surface area (Å²) in [5.74, 6) is 0. The van der Waals surface area contributed by atoms with Crippen molar-refractivity contribution in [2.24, 2.45) is 5.41 Å².